The first kappa shape index (κ1) is 118. The molecule has 7 heterocycles. The van der Waals surface area contributed by atoms with Gasteiger partial charge in [-0.3, -0.25) is 13.9 Å². The highest BCUT2D eigenvalue weighted by atomic mass is 79.9. The maximum Gasteiger partial charge on any atom is 0.358 e. The van der Waals surface area contributed by atoms with E-state index in [0.717, 1.165) is 130 Å². The molecule has 0 bridgehead atoms. The normalized spacial score (nSPS) is 14.7. The molecular formula is C109H125Br3N16O18S. The highest BCUT2D eigenvalue weighted by molar-refractivity contribution is 9.10. The van der Waals surface area contributed by atoms with Crippen molar-refractivity contribution in [3.8, 4) is 63.2 Å². The van der Waals surface area contributed by atoms with E-state index in [9.17, 15) is 18.0 Å². The van der Waals surface area contributed by atoms with Crippen molar-refractivity contribution < 1.29 is 84.7 Å². The number of aryl methyl sites for hydroxylation is 2. The van der Waals surface area contributed by atoms with Crippen molar-refractivity contribution in [2.75, 3.05) is 78.2 Å². The summed E-state index contributed by atoms with van der Waals surface area (Å²) in [7, 11) is 14.0. The number of ketones is 1. The second-order valence-corrected chi connectivity index (χ2v) is 36.8. The molecule has 147 heavy (non-hydrogen) atoms. The third-order valence-electron chi connectivity index (χ3n) is 23.1. The van der Waals surface area contributed by atoms with Crippen molar-refractivity contribution in [1.82, 2.24) is 10.9 Å². The number of alkyl halides is 1. The van der Waals surface area contributed by atoms with Crippen LogP contribution in [-0.4, -0.2) is 120 Å². The molecule has 38 heteroatoms. The molecule has 0 aliphatic carbocycles. The number of nitrogens with zero attached hydrogens (tertiary/aromatic N) is 14. The van der Waals surface area contributed by atoms with Gasteiger partial charge in [-0.25, -0.2) is 10.9 Å². The van der Waals surface area contributed by atoms with Gasteiger partial charge in [-0.15, -0.1) is 17.0 Å². The van der Waals surface area contributed by atoms with Crippen molar-refractivity contribution in [2.24, 2.45) is 71.7 Å². The Morgan fingerprint density at radius 3 is 1.01 bits per heavy atom. The van der Waals surface area contributed by atoms with Gasteiger partial charge in [0.25, 0.3) is 0 Å². The van der Waals surface area contributed by atoms with E-state index in [1.165, 1.54) is 37.3 Å². The van der Waals surface area contributed by atoms with Crippen LogP contribution >= 0.6 is 48.8 Å². The average Bonchev–Trinajstić information content (AvgIpc) is 1.62. The molecule has 776 valence electrons. The molecule has 0 saturated carbocycles. The predicted molar refractivity (Wildman–Crippen MR) is 577 cm³/mol. The molecule has 12 aromatic rings. The lowest BCUT2D eigenvalue weighted by molar-refractivity contribution is 0.101. The van der Waals surface area contributed by atoms with E-state index < -0.39 is 15.8 Å². The van der Waals surface area contributed by atoms with Gasteiger partial charge in [0, 0.05) is 71.0 Å². The maximum absolute atomic E-state index is 12.0. The van der Waals surface area contributed by atoms with E-state index in [2.05, 4.69) is 146 Å². The van der Waals surface area contributed by atoms with Gasteiger partial charge >= 0.3 is 10.1 Å². The third kappa shape index (κ3) is 35.2. The number of carbonyl (C=O) groups is 2. The van der Waals surface area contributed by atoms with E-state index >= 15 is 0 Å². The number of aldehydes is 1. The molecule has 34 nitrogen and oxygen atoms in total. The second-order valence-electron chi connectivity index (χ2n) is 33.8. The summed E-state index contributed by atoms with van der Waals surface area (Å²) in [6.45, 7) is 22.8. The van der Waals surface area contributed by atoms with Crippen molar-refractivity contribution in [3.63, 3.8) is 0 Å². The summed E-state index contributed by atoms with van der Waals surface area (Å²) in [4.78, 5) is 21.6. The number of rotatable bonds is 28. The van der Waals surface area contributed by atoms with Crippen LogP contribution in [0.2, 0.25) is 0 Å². The lowest BCUT2D eigenvalue weighted by Crippen LogP contribution is -2.08. The van der Waals surface area contributed by atoms with Gasteiger partial charge < -0.3 is 62.4 Å². The highest BCUT2D eigenvalue weighted by Crippen LogP contribution is 2.46. The number of hydrazine groups is 1. The van der Waals surface area contributed by atoms with E-state index in [-0.39, 0.29) is 68.2 Å². The number of benzene rings is 12. The molecule has 7 aliphatic heterocycles. The Bertz CT molecular complexity index is 6480. The van der Waals surface area contributed by atoms with Crippen molar-refractivity contribution in [3.05, 3.63) is 355 Å². The largest absolute Gasteiger partial charge is 0.497 e. The summed E-state index contributed by atoms with van der Waals surface area (Å²) in [5.41, 5.74) is 19.5. The minimum Gasteiger partial charge on any atom is -0.497 e. The molecular weight excluding hydrogens is 2090 g/mol. The molecule has 0 atom stereocenters. The minimum absolute atomic E-state index is 0. The molecule has 0 aromatic heterocycles. The molecule has 4 N–H and O–H groups in total. The van der Waals surface area contributed by atoms with E-state index in [0.29, 0.717) is 39.8 Å². The number of hydrogen-bond donors (Lipinski definition) is 4. The van der Waals surface area contributed by atoms with Gasteiger partial charge in [0.2, 0.25) is 34.0 Å². The number of aliphatic hydroxyl groups is 1. The fraction of sp³-hybridized carbons (Fsp3) is 0.303. The van der Waals surface area contributed by atoms with Gasteiger partial charge in [-0.2, -0.15) is 69.8 Å². The van der Waals surface area contributed by atoms with Crippen LogP contribution in [0.1, 0.15) is 169 Å². The first-order valence-corrected chi connectivity index (χ1v) is 49.0. The zero-order valence-corrected chi connectivity index (χ0v) is 92.1. The minimum atomic E-state index is -3.91. The van der Waals surface area contributed by atoms with Crippen LogP contribution in [0.25, 0.3) is 0 Å². The van der Waals surface area contributed by atoms with Crippen molar-refractivity contribution in [2.45, 2.75) is 146 Å². The molecule has 0 radical (unpaired) electrons. The molecule has 0 spiro atoms. The number of hydrogen-bond acceptors (Lipinski definition) is 34. The number of aliphatic hydroxyl groups excluding tert-OH is 1. The van der Waals surface area contributed by atoms with E-state index in [1.807, 2.05) is 218 Å². The molecule has 1 saturated heterocycles. The number of Topliss-reactive ketones (excluding diaryl/α,β-unsaturated/α-hetero) is 1. The fourth-order valence-electron chi connectivity index (χ4n) is 13.0. The van der Waals surface area contributed by atoms with Gasteiger partial charge in [0.15, 0.2) is 12.1 Å². The van der Waals surface area contributed by atoms with Crippen LogP contribution in [0, 0.1) is 6.92 Å². The van der Waals surface area contributed by atoms with Crippen LogP contribution in [0.4, 0.5) is 0 Å². The van der Waals surface area contributed by atoms with Gasteiger partial charge in [0.05, 0.1) is 102 Å². The fourth-order valence-corrected chi connectivity index (χ4v) is 14.6. The second kappa shape index (κ2) is 54.7. The lowest BCUT2D eigenvalue weighted by Gasteiger charge is -2.10. The smallest absolute Gasteiger partial charge is 0.358 e. The van der Waals surface area contributed by atoms with E-state index in [1.54, 1.807) is 152 Å². The Kier molecular flexibility index (Phi) is 43.8. The molecule has 0 amide bonds. The third-order valence-corrected chi connectivity index (χ3v) is 25.3. The van der Waals surface area contributed by atoms with Crippen molar-refractivity contribution >= 4 is 82.5 Å². The molecule has 19 rings (SSSR count). The summed E-state index contributed by atoms with van der Waals surface area (Å²) < 4.78 is 86.1. The number of halogens is 3. The summed E-state index contributed by atoms with van der Waals surface area (Å²) in [5, 5.41) is 72.6. The van der Waals surface area contributed by atoms with Crippen LogP contribution in [0.15, 0.2) is 348 Å². The Morgan fingerprint density at radius 2 is 0.680 bits per heavy atom. The van der Waals surface area contributed by atoms with Crippen LogP contribution < -0.4 is 63.0 Å². The topological polar surface area (TPSA) is 436 Å². The van der Waals surface area contributed by atoms with Crippen molar-refractivity contribution in [1.29, 1.82) is 0 Å². The molecule has 7 aliphatic rings. The Hall–Kier alpha value is -14.4. The predicted octanol–water partition coefficient (Wildman–Crippen LogP) is 25.7. The average molecular weight is 2220 g/mol. The first-order valence-electron chi connectivity index (χ1n) is 45.7. The first-order chi connectivity index (χ1) is 69.8. The number of oxime groups is 2. The summed E-state index contributed by atoms with van der Waals surface area (Å²) >= 11 is 6.74. The number of nitrogens with one attached hydrogen (secondary N) is 2. The van der Waals surface area contributed by atoms with Crippen LogP contribution in [0.3, 0.4) is 0 Å². The zero-order valence-electron chi connectivity index (χ0n) is 86.4. The SMILES string of the molecule is Br.CCc1ccc(C2(C)N=N2)cc1OC.COc1cc(C2(C)N=N2)ccc1C=O.COc1cc(C2(C)N=N2)ccc1CBr.COc1cc(C2(C)N=N2)ccc1CO.COc1cccc(/C(C)=N\O)c1.COc1cccc(/C(C)=N\OS(=O)(=O)c2ccc(C)cc2)c1.COc1cccc(Br)c1.COc1cccc(C(C)=O)c1.COc1cccc(C2(C)N=N2)c1.COc1cccc(C2(C)N=N2)c1.COc1cccc(C2(C)NN2)c1. The summed E-state index contributed by atoms with van der Waals surface area (Å²) in [6.07, 6.45) is 1.75. The molecule has 12 aromatic carbocycles. The Balaban J connectivity index is 0.000000198. The Morgan fingerprint density at radius 1 is 0.374 bits per heavy atom. The number of methoxy groups -OCH3 is 11. The number of carbonyl (C=O) groups excluding carboxylic acids is 2. The summed E-state index contributed by atoms with van der Waals surface area (Å²) in [6, 6.07) is 82.6. The van der Waals surface area contributed by atoms with E-state index in [4.69, 9.17) is 66.7 Å². The maximum atomic E-state index is 12.0. The van der Waals surface area contributed by atoms with Gasteiger partial charge in [-0.05, 0) is 227 Å². The quantitative estimate of drug-likeness (QED) is 0.00673. The number of ether oxygens (including phenoxy) is 11. The molecule has 0 unspecified atom stereocenters. The Labute approximate surface area is 885 Å². The van der Waals surface area contributed by atoms with Crippen LogP contribution in [0.5, 0.6) is 63.2 Å². The standard InChI is InChI=1S/C16H17NO4S.C11H14N2O.C10H11BrN2O.C10H12N2O2.C10H10N2O2.C9H12N2O.2C9H10N2O.C9H11NO2.C9H10O2.C7H7BrO.BrH/c1-12-7-9-16(10-8-12)22(18,19)21-17-13(2)14-5-4-6-15(11-14)20-3;1-4-8-5-6-9(7-10(8)14-3)11(2)12-13-11;1-10(12-13-10)8-4-3-7(6-11)9(5-8)14-2;2*1-10(11-12-10)8-4-3-7(6-13)9(5-8)14-2;3*1-9(10-11-9)7-4-3-5-8(6-7)12-2;1-7(10-11)8-4-3-5-9(6-8)12-2;1-7(10)8-4-3-5-9(6-8)11-2;1-9-7-4-2-3-6(8)5-7;/h4-11H,1-3H3;5-7H,4H2,1-3H3;3-5H,6H2,1-2H3;3-5,13H,6H2,1-2H3;3-6H,1-2H3;3-6,10-11H,1-2H3;2*3-6H,1-2H3;3-6,11H,1-2H3;3-6H,1-2H3;2-5H,1H3;1H/b17-13-;;;;;;;;10-7-;;;. The lowest BCUT2D eigenvalue weighted by atomic mass is 10.0. The molecule has 1 fully saturated rings. The van der Waals surface area contributed by atoms with Gasteiger partial charge in [0.1, 0.15) is 73.8 Å². The monoisotopic (exact) mass is 2210 g/mol. The van der Waals surface area contributed by atoms with Gasteiger partial charge in [-0.1, -0.05) is 188 Å². The zero-order chi connectivity index (χ0) is 107. The highest BCUT2D eigenvalue weighted by Gasteiger charge is 2.42. The summed E-state index contributed by atoms with van der Waals surface area (Å²) in [5.74, 6) is 8.75. The van der Waals surface area contributed by atoms with Crippen LogP contribution in [-0.2, 0) is 72.4 Å².